The number of rotatable bonds is 4. The summed E-state index contributed by atoms with van der Waals surface area (Å²) in [4.78, 5) is 0. The zero-order valence-electron chi connectivity index (χ0n) is 10.5. The quantitative estimate of drug-likeness (QED) is 0.408. The summed E-state index contributed by atoms with van der Waals surface area (Å²) in [5.74, 6) is 0. The fourth-order valence-corrected chi connectivity index (χ4v) is 0.677. The van der Waals surface area contributed by atoms with Crippen molar-refractivity contribution in [1.82, 2.24) is 0 Å². The minimum Gasteiger partial charge on any atom is -0.0778 e. The molecule has 0 fully saturated rings. The third-order valence-electron chi connectivity index (χ3n) is 2.21. The van der Waals surface area contributed by atoms with Crippen LogP contribution in [0, 0.1) is 0 Å². The maximum atomic E-state index is 2.25. The minimum atomic E-state index is 1.36. The Hall–Kier alpha value is -0.260. The molecule has 0 rings (SSSR count). The third-order valence-corrected chi connectivity index (χ3v) is 2.21. The molecule has 0 nitrogen and oxygen atoms in total. The fourth-order valence-electron chi connectivity index (χ4n) is 0.677. The van der Waals surface area contributed by atoms with Crippen LogP contribution in [0.4, 0.5) is 0 Å². The predicted molar refractivity (Wildman–Crippen MR) is 64.2 cm³/mol. The van der Waals surface area contributed by atoms with Gasteiger partial charge in [0.25, 0.3) is 0 Å². The third kappa shape index (κ3) is 18.6. The summed E-state index contributed by atoms with van der Waals surface area (Å²) in [6, 6.07) is 0. The molecule has 0 aliphatic carbocycles. The lowest BCUT2D eigenvalue weighted by Crippen LogP contribution is -1.70. The highest BCUT2D eigenvalue weighted by atomic mass is 13.9. The second kappa shape index (κ2) is 11.7. The smallest absolute Gasteiger partial charge is 0.0440 e. The van der Waals surface area contributed by atoms with Crippen molar-refractivity contribution in [2.24, 2.45) is 0 Å². The molecule has 0 N–H and O–H groups in total. The van der Waals surface area contributed by atoms with E-state index in [9.17, 15) is 0 Å². The van der Waals surface area contributed by atoms with E-state index < -0.39 is 0 Å². The van der Waals surface area contributed by atoms with Crippen molar-refractivity contribution in [1.29, 1.82) is 0 Å². The molecule has 0 amide bonds. The summed E-state index contributed by atoms with van der Waals surface area (Å²) >= 11 is 0. The van der Waals surface area contributed by atoms with Crippen molar-refractivity contribution in [2.75, 3.05) is 0 Å². The number of allylic oxidation sites excluding steroid dienone is 2. The zero-order chi connectivity index (χ0) is 10.7. The van der Waals surface area contributed by atoms with Crippen molar-refractivity contribution in [3.05, 3.63) is 11.1 Å². The number of hydrogen-bond donors (Lipinski definition) is 0. The molecule has 80 valence electrons. The Bertz CT molecular complexity index is 98.0. The Labute approximate surface area is 85.4 Å². The first-order valence-corrected chi connectivity index (χ1v) is 5.66. The second-order valence-electron chi connectivity index (χ2n) is 4.06. The molecule has 0 aliphatic rings. The average Bonchev–Trinajstić information content (AvgIpc) is 2.06. The Morgan fingerprint density at radius 2 is 0.923 bits per heavy atom. The first kappa shape index (κ1) is 15.2. The van der Waals surface area contributed by atoms with E-state index >= 15 is 0 Å². The van der Waals surface area contributed by atoms with Crippen molar-refractivity contribution in [3.8, 4) is 0 Å². The highest BCUT2D eigenvalue weighted by Crippen LogP contribution is 2.00. The van der Waals surface area contributed by atoms with Crippen LogP contribution in [0.2, 0.25) is 0 Å². The molecule has 0 heterocycles. The SMILES string of the molecule is CC(C)=C(C)C.CCCCCCC. The van der Waals surface area contributed by atoms with Gasteiger partial charge in [0.1, 0.15) is 0 Å². The van der Waals surface area contributed by atoms with Crippen LogP contribution in [0.15, 0.2) is 11.1 Å². The van der Waals surface area contributed by atoms with E-state index in [4.69, 9.17) is 0 Å². The highest BCUT2D eigenvalue weighted by molar-refractivity contribution is 5.02. The molecule has 0 aliphatic heterocycles. The summed E-state index contributed by atoms with van der Waals surface area (Å²) < 4.78 is 0. The molecule has 0 saturated carbocycles. The van der Waals surface area contributed by atoms with E-state index in [2.05, 4.69) is 41.5 Å². The van der Waals surface area contributed by atoms with Gasteiger partial charge in [0, 0.05) is 0 Å². The van der Waals surface area contributed by atoms with Crippen molar-refractivity contribution in [2.45, 2.75) is 73.6 Å². The topological polar surface area (TPSA) is 0 Å². The van der Waals surface area contributed by atoms with E-state index in [1.54, 1.807) is 0 Å². The van der Waals surface area contributed by atoms with E-state index in [0.29, 0.717) is 0 Å². The second-order valence-corrected chi connectivity index (χ2v) is 4.06. The van der Waals surface area contributed by atoms with Gasteiger partial charge in [0.05, 0.1) is 0 Å². The lowest BCUT2D eigenvalue weighted by molar-refractivity contribution is 0.656. The van der Waals surface area contributed by atoms with Crippen LogP contribution in [-0.2, 0) is 0 Å². The fraction of sp³-hybridized carbons (Fsp3) is 0.846. The van der Waals surface area contributed by atoms with Gasteiger partial charge < -0.3 is 0 Å². The molecule has 0 aromatic rings. The maximum Gasteiger partial charge on any atom is -0.0440 e. The van der Waals surface area contributed by atoms with Crippen LogP contribution in [0.3, 0.4) is 0 Å². The van der Waals surface area contributed by atoms with Gasteiger partial charge in [-0.15, -0.1) is 0 Å². The Morgan fingerprint density at radius 1 is 0.615 bits per heavy atom. The standard InChI is InChI=1S/C7H16.C6H12/c1-3-5-7-6-4-2;1-5(2)6(3)4/h3-7H2,1-2H3;1-4H3. The molecule has 0 unspecified atom stereocenters. The van der Waals surface area contributed by atoms with Gasteiger partial charge >= 0.3 is 0 Å². The Balaban J connectivity index is 0. The van der Waals surface area contributed by atoms with Crippen LogP contribution in [0.5, 0.6) is 0 Å². The van der Waals surface area contributed by atoms with E-state index in [1.807, 2.05) is 0 Å². The largest absolute Gasteiger partial charge is 0.0778 e. The van der Waals surface area contributed by atoms with E-state index in [-0.39, 0.29) is 0 Å². The lowest BCUT2D eigenvalue weighted by atomic mass is 10.2. The first-order valence-electron chi connectivity index (χ1n) is 5.66. The van der Waals surface area contributed by atoms with Gasteiger partial charge in [-0.1, -0.05) is 57.1 Å². The molecule has 0 atom stereocenters. The highest BCUT2D eigenvalue weighted by Gasteiger charge is 1.80. The summed E-state index contributed by atoms with van der Waals surface area (Å²) in [6.07, 6.45) is 7.01. The van der Waals surface area contributed by atoms with Crippen LogP contribution in [0.1, 0.15) is 73.6 Å². The molecule has 0 aromatic carbocycles. The van der Waals surface area contributed by atoms with E-state index in [0.717, 1.165) is 0 Å². The Morgan fingerprint density at radius 3 is 1.08 bits per heavy atom. The summed E-state index contributed by atoms with van der Waals surface area (Å²) in [5.41, 5.74) is 2.85. The monoisotopic (exact) mass is 184 g/mol. The van der Waals surface area contributed by atoms with Gasteiger partial charge in [-0.05, 0) is 27.7 Å². The molecular formula is C13H28. The van der Waals surface area contributed by atoms with E-state index in [1.165, 1.54) is 43.3 Å². The Kier molecular flexibility index (Phi) is 13.7. The molecule has 0 aromatic heterocycles. The molecule has 0 spiro atoms. The summed E-state index contributed by atoms with van der Waals surface area (Å²) in [5, 5.41) is 0. The molecular weight excluding hydrogens is 156 g/mol. The molecule has 0 bridgehead atoms. The maximum absolute atomic E-state index is 2.25. The van der Waals surface area contributed by atoms with Crippen LogP contribution in [0.25, 0.3) is 0 Å². The number of hydrogen-bond acceptors (Lipinski definition) is 0. The van der Waals surface area contributed by atoms with Gasteiger partial charge in [0.15, 0.2) is 0 Å². The van der Waals surface area contributed by atoms with Crippen LogP contribution >= 0.6 is 0 Å². The van der Waals surface area contributed by atoms with Gasteiger partial charge in [-0.25, -0.2) is 0 Å². The molecule has 13 heavy (non-hydrogen) atoms. The molecule has 0 radical (unpaired) electrons. The normalized spacial score (nSPS) is 8.77. The molecule has 0 heteroatoms. The summed E-state index contributed by atoms with van der Waals surface area (Å²) in [6.45, 7) is 13.0. The first-order chi connectivity index (χ1) is 6.06. The van der Waals surface area contributed by atoms with Crippen molar-refractivity contribution in [3.63, 3.8) is 0 Å². The minimum absolute atomic E-state index is 1.36. The van der Waals surface area contributed by atoms with Crippen molar-refractivity contribution < 1.29 is 0 Å². The van der Waals surface area contributed by atoms with Crippen molar-refractivity contribution >= 4 is 0 Å². The zero-order valence-corrected chi connectivity index (χ0v) is 10.5. The van der Waals surface area contributed by atoms with Crippen LogP contribution in [-0.4, -0.2) is 0 Å². The lowest BCUT2D eigenvalue weighted by Gasteiger charge is -1.90. The summed E-state index contributed by atoms with van der Waals surface area (Å²) in [7, 11) is 0. The van der Waals surface area contributed by atoms with Gasteiger partial charge in [-0.2, -0.15) is 0 Å². The predicted octanol–water partition coefficient (Wildman–Crippen LogP) is 5.34. The van der Waals surface area contributed by atoms with Gasteiger partial charge in [-0.3, -0.25) is 0 Å². The molecule has 0 saturated heterocycles. The van der Waals surface area contributed by atoms with Gasteiger partial charge in [0.2, 0.25) is 0 Å². The van der Waals surface area contributed by atoms with Crippen LogP contribution < -0.4 is 0 Å². The number of unbranched alkanes of at least 4 members (excludes halogenated alkanes) is 4. The average molecular weight is 184 g/mol.